The van der Waals surface area contributed by atoms with E-state index in [1.54, 1.807) is 12.3 Å². The lowest BCUT2D eigenvalue weighted by Crippen LogP contribution is -2.25. The fraction of sp³-hybridized carbons (Fsp3) is 0.500. The van der Waals surface area contributed by atoms with E-state index in [4.69, 9.17) is 9.72 Å². The largest absolute Gasteiger partial charge is 0.466 e. The van der Waals surface area contributed by atoms with Gasteiger partial charge in [0.1, 0.15) is 11.1 Å². The summed E-state index contributed by atoms with van der Waals surface area (Å²) < 4.78 is 4.93. The van der Waals surface area contributed by atoms with Crippen LogP contribution < -0.4 is 5.32 Å². The number of nitriles is 1. The van der Waals surface area contributed by atoms with Crippen molar-refractivity contribution in [2.75, 3.05) is 11.9 Å². The Bertz CT molecular complexity index is 984. The molecule has 2 aromatic rings. The zero-order valence-corrected chi connectivity index (χ0v) is 19.4. The van der Waals surface area contributed by atoms with Gasteiger partial charge in [-0.25, -0.2) is 9.97 Å². The van der Waals surface area contributed by atoms with Crippen LogP contribution in [0.5, 0.6) is 0 Å². The summed E-state index contributed by atoms with van der Waals surface area (Å²) in [6.45, 7) is 4.01. The topological polar surface area (TPSA) is 105 Å². The molecule has 2 aromatic heterocycles. The maximum absolute atomic E-state index is 12.9. The second-order valence-electron chi connectivity index (χ2n) is 7.25. The lowest BCUT2D eigenvalue weighted by Gasteiger charge is -2.15. The van der Waals surface area contributed by atoms with Gasteiger partial charge >= 0.3 is 5.97 Å². The van der Waals surface area contributed by atoms with Crippen molar-refractivity contribution >= 4 is 40.1 Å². The van der Waals surface area contributed by atoms with Crippen molar-refractivity contribution in [3.8, 4) is 6.07 Å². The Hall–Kier alpha value is -2.44. The molecule has 0 aromatic carbocycles. The van der Waals surface area contributed by atoms with Crippen molar-refractivity contribution in [1.82, 2.24) is 9.97 Å². The molecular formula is C22H26N4O3S2. The maximum Gasteiger partial charge on any atom is 0.311 e. The molecule has 1 aliphatic rings. The number of rotatable bonds is 8. The van der Waals surface area contributed by atoms with Gasteiger partial charge in [-0.05, 0) is 50.7 Å². The first kappa shape index (κ1) is 23.2. The van der Waals surface area contributed by atoms with Gasteiger partial charge in [-0.3, -0.25) is 9.59 Å². The molecular weight excluding hydrogens is 432 g/mol. The number of aryl methyl sites for hydroxylation is 2. The van der Waals surface area contributed by atoms with Gasteiger partial charge in [0.05, 0.1) is 29.5 Å². The second kappa shape index (κ2) is 11.3. The van der Waals surface area contributed by atoms with E-state index in [1.807, 2.05) is 13.0 Å². The molecule has 0 spiro atoms. The Morgan fingerprint density at radius 3 is 2.84 bits per heavy atom. The molecule has 1 N–H and O–H groups in total. The Morgan fingerprint density at radius 1 is 1.29 bits per heavy atom. The van der Waals surface area contributed by atoms with Crippen LogP contribution in [0.15, 0.2) is 16.5 Å². The van der Waals surface area contributed by atoms with Crippen LogP contribution >= 0.6 is 23.1 Å². The van der Waals surface area contributed by atoms with E-state index < -0.39 is 5.25 Å². The number of nitrogens with zero attached hydrogens (tertiary/aromatic N) is 3. The summed E-state index contributed by atoms with van der Waals surface area (Å²) in [5.74, 6) is -0.531. The molecule has 164 valence electrons. The number of nitrogens with one attached hydrogen (secondary N) is 1. The third kappa shape index (κ3) is 6.28. The van der Waals surface area contributed by atoms with E-state index in [1.165, 1.54) is 29.5 Å². The molecule has 1 unspecified atom stereocenters. The van der Waals surface area contributed by atoms with E-state index in [0.29, 0.717) is 34.4 Å². The van der Waals surface area contributed by atoms with Crippen LogP contribution in [0, 0.1) is 11.3 Å². The Morgan fingerprint density at radius 2 is 2.10 bits per heavy atom. The standard InChI is InChI=1S/C22H26N4O3S2/c1-3-18(20(28)26-22-24-16(13-30-22)11-19(27)29-4-2)31-21-15(12-23)10-14-8-6-5-7-9-17(14)25-21/h10,13,18H,3-9,11H2,1-2H3,(H,24,26,28). The summed E-state index contributed by atoms with van der Waals surface area (Å²) in [4.78, 5) is 33.5. The van der Waals surface area contributed by atoms with Crippen molar-refractivity contribution < 1.29 is 14.3 Å². The van der Waals surface area contributed by atoms with E-state index in [-0.39, 0.29) is 18.3 Å². The van der Waals surface area contributed by atoms with E-state index in [0.717, 1.165) is 36.9 Å². The molecule has 1 aliphatic carbocycles. The van der Waals surface area contributed by atoms with Gasteiger partial charge in [0.2, 0.25) is 5.91 Å². The Kier molecular flexibility index (Phi) is 8.43. The molecule has 0 saturated heterocycles. The smallest absolute Gasteiger partial charge is 0.311 e. The van der Waals surface area contributed by atoms with Gasteiger partial charge in [0.25, 0.3) is 0 Å². The highest BCUT2D eigenvalue weighted by atomic mass is 32.2. The quantitative estimate of drug-likeness (QED) is 0.357. The number of hydrogen-bond donors (Lipinski definition) is 1. The minimum Gasteiger partial charge on any atom is -0.466 e. The van der Waals surface area contributed by atoms with Crippen molar-refractivity contribution in [3.63, 3.8) is 0 Å². The molecule has 9 heteroatoms. The Balaban J connectivity index is 1.69. The average molecular weight is 459 g/mol. The number of aromatic nitrogens is 2. The molecule has 0 bridgehead atoms. The summed E-state index contributed by atoms with van der Waals surface area (Å²) in [5, 5.41) is 14.8. The highest BCUT2D eigenvalue weighted by molar-refractivity contribution is 8.00. The number of carbonyl (C=O) groups excluding carboxylic acids is 2. The van der Waals surface area contributed by atoms with Gasteiger partial charge in [-0.15, -0.1) is 11.3 Å². The van der Waals surface area contributed by atoms with E-state index >= 15 is 0 Å². The number of fused-ring (bicyclic) bond motifs is 1. The van der Waals surface area contributed by atoms with E-state index in [2.05, 4.69) is 16.4 Å². The molecule has 2 heterocycles. The summed E-state index contributed by atoms with van der Waals surface area (Å²) in [7, 11) is 0. The monoisotopic (exact) mass is 458 g/mol. The van der Waals surface area contributed by atoms with Crippen molar-refractivity contribution in [3.05, 3.63) is 34.0 Å². The molecule has 0 fully saturated rings. The van der Waals surface area contributed by atoms with E-state index in [9.17, 15) is 14.9 Å². The predicted octanol–water partition coefficient (Wildman–Crippen LogP) is 4.29. The number of pyridine rings is 1. The van der Waals surface area contributed by atoms with Gasteiger partial charge in [0.15, 0.2) is 5.13 Å². The number of carbonyl (C=O) groups is 2. The minimum absolute atomic E-state index is 0.0801. The summed E-state index contributed by atoms with van der Waals surface area (Å²) in [6.07, 6.45) is 5.94. The molecule has 31 heavy (non-hydrogen) atoms. The fourth-order valence-electron chi connectivity index (χ4n) is 3.41. The third-order valence-corrected chi connectivity index (χ3v) is 7.14. The number of ether oxygens (including phenoxy) is 1. The van der Waals surface area contributed by atoms with Crippen molar-refractivity contribution in [1.29, 1.82) is 5.26 Å². The lowest BCUT2D eigenvalue weighted by molar-refractivity contribution is -0.142. The van der Waals surface area contributed by atoms with Crippen LogP contribution in [0.3, 0.4) is 0 Å². The molecule has 1 atom stereocenters. The highest BCUT2D eigenvalue weighted by Crippen LogP contribution is 2.31. The van der Waals surface area contributed by atoms with Gasteiger partial charge < -0.3 is 10.1 Å². The number of anilines is 1. The first-order valence-corrected chi connectivity index (χ1v) is 12.3. The summed E-state index contributed by atoms with van der Waals surface area (Å²) in [5.41, 5.74) is 3.31. The molecule has 7 nitrogen and oxygen atoms in total. The normalized spacial score (nSPS) is 14.1. The second-order valence-corrected chi connectivity index (χ2v) is 9.30. The van der Waals surface area contributed by atoms with Crippen molar-refractivity contribution in [2.24, 2.45) is 0 Å². The van der Waals surface area contributed by atoms with Crippen LogP contribution in [0.25, 0.3) is 0 Å². The highest BCUT2D eigenvalue weighted by Gasteiger charge is 2.23. The zero-order valence-electron chi connectivity index (χ0n) is 17.8. The molecule has 0 aliphatic heterocycles. The van der Waals surface area contributed by atoms with Gasteiger partial charge in [0, 0.05) is 11.1 Å². The predicted molar refractivity (Wildman–Crippen MR) is 121 cm³/mol. The number of thioether (sulfide) groups is 1. The first-order valence-electron chi connectivity index (χ1n) is 10.5. The lowest BCUT2D eigenvalue weighted by atomic mass is 10.1. The van der Waals surface area contributed by atoms with Crippen LogP contribution in [-0.2, 0) is 33.6 Å². The van der Waals surface area contributed by atoms with Crippen LogP contribution in [0.4, 0.5) is 5.13 Å². The molecule has 3 rings (SSSR count). The third-order valence-electron chi connectivity index (χ3n) is 4.97. The molecule has 0 saturated carbocycles. The zero-order chi connectivity index (χ0) is 22.2. The SMILES string of the molecule is CCOC(=O)Cc1csc(NC(=O)C(CC)Sc2nc3c(cc2C#N)CCCCC3)n1. The maximum atomic E-state index is 12.9. The summed E-state index contributed by atoms with van der Waals surface area (Å²) in [6, 6.07) is 4.19. The minimum atomic E-state index is -0.402. The number of amides is 1. The van der Waals surface area contributed by atoms with Crippen LogP contribution in [-0.4, -0.2) is 33.7 Å². The van der Waals surface area contributed by atoms with Crippen LogP contribution in [0.2, 0.25) is 0 Å². The fourth-order valence-corrected chi connectivity index (χ4v) is 5.12. The van der Waals surface area contributed by atoms with Gasteiger partial charge in [-0.1, -0.05) is 25.1 Å². The average Bonchev–Trinajstić information content (AvgIpc) is 3.05. The molecule has 1 amide bonds. The number of thiazole rings is 1. The van der Waals surface area contributed by atoms with Crippen LogP contribution in [0.1, 0.15) is 62.0 Å². The van der Waals surface area contributed by atoms with Crippen molar-refractivity contribution in [2.45, 2.75) is 69.1 Å². The number of hydrogen-bond acceptors (Lipinski definition) is 8. The number of esters is 1. The summed E-state index contributed by atoms with van der Waals surface area (Å²) >= 11 is 2.60. The Labute approximate surface area is 190 Å². The first-order chi connectivity index (χ1) is 15.0. The van der Waals surface area contributed by atoms with Gasteiger partial charge in [-0.2, -0.15) is 5.26 Å². The molecule has 0 radical (unpaired) electrons.